The van der Waals surface area contributed by atoms with E-state index in [9.17, 15) is 34.8 Å². The number of ether oxygens (including phenoxy) is 3. The van der Waals surface area contributed by atoms with Crippen molar-refractivity contribution in [3.63, 3.8) is 0 Å². The second-order valence-corrected chi connectivity index (χ2v) is 9.87. The average Bonchev–Trinajstić information content (AvgIpc) is 3.03. The van der Waals surface area contributed by atoms with Crippen LogP contribution in [-0.2, 0) is 28.6 Å². The summed E-state index contributed by atoms with van der Waals surface area (Å²) in [6, 6.07) is 0. The van der Waals surface area contributed by atoms with Gasteiger partial charge in [0.15, 0.2) is 23.2 Å². The fourth-order valence-corrected chi connectivity index (χ4v) is 7.76. The Morgan fingerprint density at radius 3 is 2.52 bits per heavy atom. The number of carbonyl (C=O) groups is 3. The van der Waals surface area contributed by atoms with E-state index in [1.165, 1.54) is 0 Å². The van der Waals surface area contributed by atoms with Crippen molar-refractivity contribution in [2.75, 3.05) is 13.7 Å². The monoisotopic (exact) mass is 438 g/mol. The molecule has 10 atom stereocenters. The van der Waals surface area contributed by atoms with Gasteiger partial charge in [-0.1, -0.05) is 6.92 Å². The molecule has 5 aliphatic rings. The zero-order chi connectivity index (χ0) is 22.7. The first-order valence-corrected chi connectivity index (χ1v) is 10.4. The molecule has 0 unspecified atom stereocenters. The van der Waals surface area contributed by atoms with Gasteiger partial charge in [0.05, 0.1) is 25.7 Å². The Balaban J connectivity index is 1.77. The normalized spacial score (nSPS) is 52.9. The molecule has 10 nitrogen and oxygen atoms in total. The van der Waals surface area contributed by atoms with Gasteiger partial charge in [0.25, 0.3) is 0 Å². The van der Waals surface area contributed by atoms with Crippen LogP contribution in [0.2, 0.25) is 0 Å². The van der Waals surface area contributed by atoms with Crippen LogP contribution in [0.25, 0.3) is 0 Å². The molecule has 2 saturated heterocycles. The Labute approximate surface area is 177 Å². The molecule has 4 fully saturated rings. The van der Waals surface area contributed by atoms with Crippen LogP contribution in [0.5, 0.6) is 0 Å². The summed E-state index contributed by atoms with van der Waals surface area (Å²) in [5.41, 5.74) is -3.88. The molecular formula is C21H26O10. The van der Waals surface area contributed by atoms with Crippen molar-refractivity contribution in [1.29, 1.82) is 0 Å². The Bertz CT molecular complexity index is 927. The van der Waals surface area contributed by atoms with Crippen LogP contribution in [0.1, 0.15) is 26.7 Å². The van der Waals surface area contributed by atoms with E-state index in [1.54, 1.807) is 13.8 Å². The van der Waals surface area contributed by atoms with Crippen molar-refractivity contribution in [3.8, 4) is 0 Å². The standard InChI is InChI=1S/C21H26O10/c1-7-8-4-10-20-6-30-21(18(28)29-3,15(20)13(25)17(27)31-10)16(26)12(24)14(20)19(8,2)5-9(22)11(7)23/h8,10,12-16,23-26H,4-6H2,1-3H3/t8-,10+,12+,13+,14+,15+,16-,19-,20+,21-/m0/s1. The van der Waals surface area contributed by atoms with Gasteiger partial charge in [-0.15, -0.1) is 0 Å². The van der Waals surface area contributed by atoms with Gasteiger partial charge in [-0.25, -0.2) is 9.59 Å². The minimum Gasteiger partial charge on any atom is -0.504 e. The van der Waals surface area contributed by atoms with Crippen LogP contribution in [0.4, 0.5) is 0 Å². The highest BCUT2D eigenvalue weighted by molar-refractivity contribution is 5.95. The first-order chi connectivity index (χ1) is 14.5. The fraction of sp³-hybridized carbons (Fsp3) is 0.762. The van der Waals surface area contributed by atoms with Gasteiger partial charge in [-0.3, -0.25) is 4.79 Å². The van der Waals surface area contributed by atoms with E-state index in [1.807, 2.05) is 0 Å². The van der Waals surface area contributed by atoms with Crippen molar-refractivity contribution in [3.05, 3.63) is 11.3 Å². The second kappa shape index (κ2) is 6.06. The summed E-state index contributed by atoms with van der Waals surface area (Å²) in [6.07, 6.45) is -5.87. The highest BCUT2D eigenvalue weighted by Crippen LogP contribution is 2.72. The molecule has 0 aromatic rings. The van der Waals surface area contributed by atoms with Gasteiger partial charge >= 0.3 is 11.9 Å². The molecule has 0 aromatic carbocycles. The molecule has 2 heterocycles. The summed E-state index contributed by atoms with van der Waals surface area (Å²) >= 11 is 0. The number of methoxy groups -OCH3 is 1. The van der Waals surface area contributed by atoms with Crippen LogP contribution in [0, 0.1) is 28.6 Å². The predicted molar refractivity (Wildman–Crippen MR) is 99.2 cm³/mol. The van der Waals surface area contributed by atoms with Gasteiger partial charge in [0.2, 0.25) is 0 Å². The number of carbonyl (C=O) groups excluding carboxylic acids is 3. The maximum absolute atomic E-state index is 12.9. The summed E-state index contributed by atoms with van der Waals surface area (Å²) in [5, 5.41) is 43.7. The molecule has 5 rings (SSSR count). The summed E-state index contributed by atoms with van der Waals surface area (Å²) < 4.78 is 16.3. The maximum atomic E-state index is 12.9. The predicted octanol–water partition coefficient (Wildman–Crippen LogP) is -1.00. The number of ketones is 1. The Hall–Kier alpha value is -2.01. The van der Waals surface area contributed by atoms with Gasteiger partial charge in [-0.05, 0) is 30.3 Å². The number of aliphatic hydroxyl groups excluding tert-OH is 4. The Morgan fingerprint density at radius 2 is 1.87 bits per heavy atom. The summed E-state index contributed by atoms with van der Waals surface area (Å²) in [5.74, 6) is -5.28. The number of fused-ring (bicyclic) bond motifs is 2. The zero-order valence-corrected chi connectivity index (χ0v) is 17.4. The van der Waals surface area contributed by atoms with Gasteiger partial charge in [0, 0.05) is 17.8 Å². The molecule has 0 amide bonds. The van der Waals surface area contributed by atoms with Gasteiger partial charge in [0.1, 0.15) is 12.2 Å². The third kappa shape index (κ3) is 2.05. The molecule has 10 heteroatoms. The van der Waals surface area contributed by atoms with E-state index in [4.69, 9.17) is 14.2 Å². The lowest BCUT2D eigenvalue weighted by Crippen LogP contribution is -2.79. The molecule has 170 valence electrons. The van der Waals surface area contributed by atoms with Crippen molar-refractivity contribution in [1.82, 2.24) is 0 Å². The molecule has 2 aliphatic heterocycles. The largest absolute Gasteiger partial charge is 0.504 e. The lowest BCUT2D eigenvalue weighted by molar-refractivity contribution is -0.288. The highest BCUT2D eigenvalue weighted by Gasteiger charge is 2.84. The molecule has 31 heavy (non-hydrogen) atoms. The number of aliphatic hydroxyl groups is 4. The minimum atomic E-state index is -2.14. The lowest BCUT2D eigenvalue weighted by Gasteiger charge is -2.67. The quantitative estimate of drug-likeness (QED) is 0.374. The average molecular weight is 438 g/mol. The summed E-state index contributed by atoms with van der Waals surface area (Å²) in [6.45, 7) is 3.24. The van der Waals surface area contributed by atoms with Crippen molar-refractivity contribution in [2.24, 2.45) is 28.6 Å². The maximum Gasteiger partial charge on any atom is 0.341 e. The van der Waals surface area contributed by atoms with E-state index < -0.39 is 76.3 Å². The SMILES string of the molecule is COC(=O)[C@@]12OC[C@]34[C@H]([C@@H](O)[C@@H]1O)[C@@]1(C)CC(=O)C(O)=C(C)[C@@H]1C[C@H]3OC(=O)[C@H](O)[C@@H]24. The summed E-state index contributed by atoms with van der Waals surface area (Å²) in [7, 11) is 1.09. The van der Waals surface area contributed by atoms with Crippen LogP contribution >= 0.6 is 0 Å². The number of hydrogen-bond donors (Lipinski definition) is 4. The smallest absolute Gasteiger partial charge is 0.341 e. The summed E-state index contributed by atoms with van der Waals surface area (Å²) in [4.78, 5) is 38.1. The lowest BCUT2D eigenvalue weighted by atomic mass is 9.38. The van der Waals surface area contributed by atoms with Gasteiger partial charge in [-0.2, -0.15) is 0 Å². The van der Waals surface area contributed by atoms with E-state index in [0.29, 0.717) is 5.57 Å². The van der Waals surface area contributed by atoms with Crippen molar-refractivity contribution in [2.45, 2.75) is 56.7 Å². The molecule has 0 radical (unpaired) electrons. The van der Waals surface area contributed by atoms with E-state index in [-0.39, 0.29) is 25.2 Å². The molecule has 4 N–H and O–H groups in total. The second-order valence-electron chi connectivity index (χ2n) is 9.87. The molecular weight excluding hydrogens is 412 g/mol. The van der Waals surface area contributed by atoms with Crippen LogP contribution in [0.15, 0.2) is 11.3 Å². The molecule has 2 saturated carbocycles. The molecule has 3 aliphatic carbocycles. The third-order valence-corrected chi connectivity index (χ3v) is 8.86. The Kier molecular flexibility index (Phi) is 4.08. The first-order valence-electron chi connectivity index (χ1n) is 10.4. The minimum absolute atomic E-state index is 0.105. The Morgan fingerprint density at radius 1 is 1.19 bits per heavy atom. The molecule has 2 bridgehead atoms. The zero-order valence-electron chi connectivity index (χ0n) is 17.4. The van der Waals surface area contributed by atoms with Crippen molar-refractivity contribution < 1.29 is 49.0 Å². The van der Waals surface area contributed by atoms with Crippen LogP contribution < -0.4 is 0 Å². The van der Waals surface area contributed by atoms with Crippen molar-refractivity contribution >= 4 is 17.7 Å². The highest BCUT2D eigenvalue weighted by atomic mass is 16.6. The van der Waals surface area contributed by atoms with E-state index in [0.717, 1.165) is 7.11 Å². The molecule has 0 aromatic heterocycles. The number of Topliss-reactive ketones (excluding diaryl/α,β-unsaturated/α-hetero) is 1. The fourth-order valence-electron chi connectivity index (χ4n) is 7.76. The number of allylic oxidation sites excluding steroid dienone is 2. The van der Waals surface area contributed by atoms with Gasteiger partial charge < -0.3 is 34.6 Å². The third-order valence-electron chi connectivity index (χ3n) is 8.86. The number of hydrogen-bond acceptors (Lipinski definition) is 10. The van der Waals surface area contributed by atoms with E-state index >= 15 is 0 Å². The van der Waals surface area contributed by atoms with Crippen LogP contribution in [0.3, 0.4) is 0 Å². The number of esters is 2. The number of rotatable bonds is 1. The first kappa shape index (κ1) is 20.9. The topological polar surface area (TPSA) is 160 Å². The van der Waals surface area contributed by atoms with Crippen LogP contribution in [-0.4, -0.2) is 81.9 Å². The molecule has 1 spiro atoms. The van der Waals surface area contributed by atoms with E-state index in [2.05, 4.69) is 0 Å².